The Hall–Kier alpha value is -1.29. The highest BCUT2D eigenvalue weighted by Crippen LogP contribution is 2.15. The first kappa shape index (κ1) is 15.1. The van der Waals surface area contributed by atoms with Crippen molar-refractivity contribution < 1.29 is 8.42 Å². The molecule has 0 radical (unpaired) electrons. The molecule has 0 heterocycles. The predicted octanol–water partition coefficient (Wildman–Crippen LogP) is 4.58. The Bertz CT molecular complexity index is 703. The molecule has 2 nitrogen and oxygen atoms in total. The van der Waals surface area contributed by atoms with Crippen molar-refractivity contribution >= 4 is 39.1 Å². The number of rotatable bonds is 4. The monoisotopic (exact) mass is 326 g/mol. The van der Waals surface area contributed by atoms with Gasteiger partial charge in [0.25, 0.3) is 0 Å². The Morgan fingerprint density at radius 3 is 1.90 bits per heavy atom. The van der Waals surface area contributed by atoms with Crippen molar-refractivity contribution in [3.63, 3.8) is 0 Å². The summed E-state index contributed by atoms with van der Waals surface area (Å²) in [7, 11) is -3.31. The maximum atomic E-state index is 12.0. The van der Waals surface area contributed by atoms with Gasteiger partial charge in [-0.3, -0.25) is 0 Å². The predicted molar refractivity (Wildman–Crippen MR) is 84.6 cm³/mol. The van der Waals surface area contributed by atoms with Crippen molar-refractivity contribution in [2.24, 2.45) is 0 Å². The minimum absolute atomic E-state index is 0.0474. The summed E-state index contributed by atoms with van der Waals surface area (Å²) in [5.74, 6) is -0.0474. The van der Waals surface area contributed by atoms with Crippen molar-refractivity contribution in [3.8, 4) is 0 Å². The second kappa shape index (κ2) is 6.44. The van der Waals surface area contributed by atoms with Gasteiger partial charge in [-0.1, -0.05) is 47.5 Å². The quantitative estimate of drug-likeness (QED) is 0.824. The zero-order valence-electron chi connectivity index (χ0n) is 10.5. The number of hydrogen-bond donors (Lipinski definition) is 0. The normalized spacial score (nSPS) is 11.9. The van der Waals surface area contributed by atoms with Crippen LogP contribution in [0.5, 0.6) is 0 Å². The summed E-state index contributed by atoms with van der Waals surface area (Å²) in [6.45, 7) is 0. The van der Waals surface area contributed by atoms with Crippen molar-refractivity contribution in [2.45, 2.75) is 5.75 Å². The molecule has 0 aliphatic carbocycles. The Morgan fingerprint density at radius 1 is 0.850 bits per heavy atom. The van der Waals surface area contributed by atoms with E-state index in [0.29, 0.717) is 15.6 Å². The number of sulfone groups is 1. The zero-order chi connectivity index (χ0) is 14.6. The fraction of sp³-hybridized carbons (Fsp3) is 0.0667. The highest BCUT2D eigenvalue weighted by molar-refractivity contribution is 7.93. The van der Waals surface area contributed by atoms with Gasteiger partial charge in [-0.05, 0) is 41.5 Å². The molecule has 2 aromatic carbocycles. The fourth-order valence-electron chi connectivity index (χ4n) is 1.62. The van der Waals surface area contributed by atoms with Crippen LogP contribution in [0.3, 0.4) is 0 Å². The minimum Gasteiger partial charge on any atom is -0.224 e. The van der Waals surface area contributed by atoms with Crippen LogP contribution in [-0.4, -0.2) is 8.42 Å². The lowest BCUT2D eigenvalue weighted by molar-refractivity contribution is 0.604. The first-order valence-corrected chi connectivity index (χ1v) is 8.33. The topological polar surface area (TPSA) is 34.1 Å². The van der Waals surface area contributed by atoms with Crippen LogP contribution < -0.4 is 0 Å². The van der Waals surface area contributed by atoms with Crippen molar-refractivity contribution in [1.29, 1.82) is 0 Å². The zero-order valence-corrected chi connectivity index (χ0v) is 12.8. The van der Waals surface area contributed by atoms with Crippen LogP contribution in [0.1, 0.15) is 11.1 Å². The van der Waals surface area contributed by atoms with Gasteiger partial charge in [0.05, 0.1) is 5.75 Å². The molecule has 0 fully saturated rings. The second-order valence-electron chi connectivity index (χ2n) is 4.29. The second-order valence-corrected chi connectivity index (χ2v) is 7.05. The summed E-state index contributed by atoms with van der Waals surface area (Å²) in [5, 5.41) is 2.42. The van der Waals surface area contributed by atoms with Crippen LogP contribution in [0.15, 0.2) is 53.9 Å². The smallest absolute Gasteiger partial charge is 0.175 e. The van der Waals surface area contributed by atoms with Crippen molar-refractivity contribution in [1.82, 2.24) is 0 Å². The molecule has 0 aliphatic heterocycles. The molecule has 0 spiro atoms. The fourth-order valence-corrected chi connectivity index (χ4v) is 2.99. The van der Waals surface area contributed by atoms with E-state index >= 15 is 0 Å². The molecule has 0 bridgehead atoms. The average Bonchev–Trinajstić information content (AvgIpc) is 2.41. The third-order valence-corrected chi connectivity index (χ3v) is 4.41. The van der Waals surface area contributed by atoms with E-state index in [1.807, 2.05) is 0 Å². The van der Waals surface area contributed by atoms with Gasteiger partial charge >= 0.3 is 0 Å². The van der Waals surface area contributed by atoms with E-state index in [-0.39, 0.29) is 5.75 Å². The van der Waals surface area contributed by atoms with Gasteiger partial charge in [-0.2, -0.15) is 0 Å². The van der Waals surface area contributed by atoms with Crippen LogP contribution in [0, 0.1) is 0 Å². The molecule has 5 heteroatoms. The molecule has 0 aliphatic rings. The molecular formula is C15H12Cl2O2S. The molecule has 104 valence electrons. The summed E-state index contributed by atoms with van der Waals surface area (Å²) >= 11 is 11.5. The maximum Gasteiger partial charge on any atom is 0.175 e. The Balaban J connectivity index is 2.11. The molecule has 2 aromatic rings. The van der Waals surface area contributed by atoms with E-state index in [1.54, 1.807) is 54.6 Å². The molecule has 0 amide bonds. The van der Waals surface area contributed by atoms with Crippen LogP contribution in [-0.2, 0) is 15.6 Å². The van der Waals surface area contributed by atoms with Gasteiger partial charge in [0.1, 0.15) is 0 Å². The SMILES string of the molecule is O=S(=O)(/C=C/c1ccc(Cl)cc1)Cc1ccc(Cl)cc1. The summed E-state index contributed by atoms with van der Waals surface area (Å²) in [6, 6.07) is 13.7. The summed E-state index contributed by atoms with van der Waals surface area (Å²) < 4.78 is 24.0. The van der Waals surface area contributed by atoms with E-state index < -0.39 is 9.84 Å². The van der Waals surface area contributed by atoms with Crippen LogP contribution in [0.4, 0.5) is 0 Å². The van der Waals surface area contributed by atoms with Crippen LogP contribution in [0.25, 0.3) is 6.08 Å². The van der Waals surface area contributed by atoms with E-state index in [0.717, 1.165) is 5.56 Å². The van der Waals surface area contributed by atoms with Crippen LogP contribution in [0.2, 0.25) is 10.0 Å². The van der Waals surface area contributed by atoms with E-state index in [9.17, 15) is 8.42 Å². The molecule has 0 unspecified atom stereocenters. The number of benzene rings is 2. The van der Waals surface area contributed by atoms with Gasteiger partial charge in [0.2, 0.25) is 0 Å². The average molecular weight is 327 g/mol. The van der Waals surface area contributed by atoms with Gasteiger partial charge < -0.3 is 0 Å². The molecule has 0 saturated carbocycles. The third-order valence-electron chi connectivity index (χ3n) is 2.62. The highest BCUT2D eigenvalue weighted by Gasteiger charge is 2.07. The van der Waals surface area contributed by atoms with E-state index in [4.69, 9.17) is 23.2 Å². The Labute approximate surface area is 128 Å². The summed E-state index contributed by atoms with van der Waals surface area (Å²) in [6.07, 6.45) is 1.56. The molecule has 0 atom stereocenters. The third kappa shape index (κ3) is 4.67. The van der Waals surface area contributed by atoms with Crippen molar-refractivity contribution in [2.75, 3.05) is 0 Å². The molecule has 20 heavy (non-hydrogen) atoms. The summed E-state index contributed by atoms with van der Waals surface area (Å²) in [5.41, 5.74) is 1.49. The first-order valence-electron chi connectivity index (χ1n) is 5.85. The molecule has 2 rings (SSSR count). The number of halogens is 2. The lowest BCUT2D eigenvalue weighted by Gasteiger charge is -2.00. The molecule has 0 aromatic heterocycles. The molecular weight excluding hydrogens is 315 g/mol. The largest absolute Gasteiger partial charge is 0.224 e. The standard InChI is InChI=1S/C15H12Cl2O2S/c16-14-5-1-12(2-6-14)9-10-20(18,19)11-13-3-7-15(17)8-4-13/h1-10H,11H2/b10-9+. The highest BCUT2D eigenvalue weighted by atomic mass is 35.5. The minimum atomic E-state index is -3.31. The van der Waals surface area contributed by atoms with E-state index in [2.05, 4.69) is 0 Å². The van der Waals surface area contributed by atoms with Gasteiger partial charge in [-0.15, -0.1) is 0 Å². The molecule has 0 saturated heterocycles. The number of hydrogen-bond acceptors (Lipinski definition) is 2. The Morgan fingerprint density at radius 2 is 1.35 bits per heavy atom. The molecule has 0 N–H and O–H groups in total. The van der Waals surface area contributed by atoms with Gasteiger partial charge in [0.15, 0.2) is 9.84 Å². The van der Waals surface area contributed by atoms with E-state index in [1.165, 1.54) is 5.41 Å². The van der Waals surface area contributed by atoms with Crippen LogP contribution >= 0.6 is 23.2 Å². The maximum absolute atomic E-state index is 12.0. The lowest BCUT2D eigenvalue weighted by atomic mass is 10.2. The van der Waals surface area contributed by atoms with Gasteiger partial charge in [0, 0.05) is 15.5 Å². The lowest BCUT2D eigenvalue weighted by Crippen LogP contribution is -1.99. The van der Waals surface area contributed by atoms with Crippen molar-refractivity contribution in [3.05, 3.63) is 75.1 Å². The van der Waals surface area contributed by atoms with Gasteiger partial charge in [-0.25, -0.2) is 8.42 Å². The first-order chi connectivity index (χ1) is 9.44. The summed E-state index contributed by atoms with van der Waals surface area (Å²) in [4.78, 5) is 0. The Kier molecular flexibility index (Phi) is 4.86.